The average Bonchev–Trinajstić information content (AvgIpc) is 2.43. The predicted octanol–water partition coefficient (Wildman–Crippen LogP) is 1.91. The Morgan fingerprint density at radius 3 is 2.33 bits per heavy atom. The van der Waals surface area contributed by atoms with Crippen molar-refractivity contribution in [2.24, 2.45) is 5.92 Å². The lowest BCUT2D eigenvalue weighted by Gasteiger charge is -2.34. The van der Waals surface area contributed by atoms with E-state index in [0.29, 0.717) is 12.3 Å². The van der Waals surface area contributed by atoms with Crippen LogP contribution >= 0.6 is 0 Å². The molecule has 0 aromatic heterocycles. The van der Waals surface area contributed by atoms with Crippen molar-refractivity contribution in [2.75, 3.05) is 32.6 Å². The molecule has 4 nitrogen and oxygen atoms in total. The number of nitrogens with zero attached hydrogens (tertiary/aromatic N) is 2. The fourth-order valence-corrected chi connectivity index (χ4v) is 2.74. The van der Waals surface area contributed by atoms with Gasteiger partial charge in [0, 0.05) is 39.8 Å². The summed E-state index contributed by atoms with van der Waals surface area (Å²) >= 11 is 0. The van der Waals surface area contributed by atoms with Gasteiger partial charge >= 0.3 is 0 Å². The summed E-state index contributed by atoms with van der Waals surface area (Å²) in [6.07, 6.45) is 2.86. The number of rotatable bonds is 6. The van der Waals surface area contributed by atoms with E-state index in [2.05, 4.69) is 29.2 Å². The van der Waals surface area contributed by atoms with Crippen molar-refractivity contribution in [2.45, 2.75) is 31.8 Å². The van der Waals surface area contributed by atoms with Crippen LogP contribution in [0.25, 0.3) is 0 Å². The number of benzene rings is 1. The quantitative estimate of drug-likeness (QED) is 0.870. The van der Waals surface area contributed by atoms with Crippen LogP contribution in [-0.4, -0.2) is 49.7 Å². The first kappa shape index (κ1) is 15.8. The molecule has 0 unspecified atom stereocenters. The summed E-state index contributed by atoms with van der Waals surface area (Å²) < 4.78 is 0. The highest BCUT2D eigenvalue weighted by Crippen LogP contribution is 2.27. The lowest BCUT2D eigenvalue weighted by Crippen LogP contribution is -2.39. The molecule has 0 atom stereocenters. The Morgan fingerprint density at radius 2 is 1.81 bits per heavy atom. The minimum Gasteiger partial charge on any atom is -0.393 e. The molecule has 1 aromatic carbocycles. The molecular formula is C17H26N2O2. The summed E-state index contributed by atoms with van der Waals surface area (Å²) in [7, 11) is 5.90. The number of carbonyl (C=O) groups excluding carboxylic acids is 1. The van der Waals surface area contributed by atoms with E-state index in [1.807, 2.05) is 26.0 Å². The molecule has 0 saturated heterocycles. The van der Waals surface area contributed by atoms with E-state index in [1.54, 1.807) is 0 Å². The minimum atomic E-state index is -0.145. The normalized spacial score (nSPS) is 20.8. The molecule has 0 radical (unpaired) electrons. The fraction of sp³-hybridized carbons (Fsp3) is 0.588. The Morgan fingerprint density at radius 1 is 1.19 bits per heavy atom. The third-order valence-electron chi connectivity index (χ3n) is 4.25. The van der Waals surface area contributed by atoms with Crippen LogP contribution in [0.4, 0.5) is 5.69 Å². The van der Waals surface area contributed by atoms with Gasteiger partial charge in [0.15, 0.2) is 0 Å². The zero-order valence-corrected chi connectivity index (χ0v) is 13.2. The summed E-state index contributed by atoms with van der Waals surface area (Å²) in [5.41, 5.74) is 2.37. The molecule has 0 spiro atoms. The lowest BCUT2D eigenvalue weighted by molar-refractivity contribution is -0.131. The molecule has 2 rings (SSSR count). The average molecular weight is 290 g/mol. The molecule has 1 fully saturated rings. The summed E-state index contributed by atoms with van der Waals surface area (Å²) in [4.78, 5) is 16.0. The second kappa shape index (κ2) is 6.94. The summed E-state index contributed by atoms with van der Waals surface area (Å²) in [6, 6.07) is 8.34. The molecule has 21 heavy (non-hydrogen) atoms. The Labute approximate surface area is 127 Å². The third-order valence-corrected chi connectivity index (χ3v) is 4.25. The van der Waals surface area contributed by atoms with Crippen LogP contribution in [-0.2, 0) is 11.2 Å². The maximum atomic E-state index is 12.1. The number of carbonyl (C=O) groups is 1. The molecule has 4 heteroatoms. The maximum absolute atomic E-state index is 12.1. The van der Waals surface area contributed by atoms with Gasteiger partial charge in [-0.05, 0) is 42.9 Å². The van der Waals surface area contributed by atoms with Gasteiger partial charge < -0.3 is 14.9 Å². The Kier molecular flexibility index (Phi) is 5.23. The highest BCUT2D eigenvalue weighted by Gasteiger charge is 2.28. The van der Waals surface area contributed by atoms with Crippen LogP contribution in [0, 0.1) is 5.92 Å². The Hall–Kier alpha value is -1.55. The monoisotopic (exact) mass is 290 g/mol. The maximum Gasteiger partial charge on any atom is 0.222 e. The van der Waals surface area contributed by atoms with Gasteiger partial charge in [0.1, 0.15) is 0 Å². The van der Waals surface area contributed by atoms with Gasteiger partial charge in [-0.3, -0.25) is 4.79 Å². The number of aliphatic hydroxyl groups is 1. The number of anilines is 1. The first-order chi connectivity index (χ1) is 9.95. The van der Waals surface area contributed by atoms with Crippen molar-refractivity contribution in [1.29, 1.82) is 0 Å². The minimum absolute atomic E-state index is 0.145. The van der Waals surface area contributed by atoms with E-state index in [9.17, 15) is 9.90 Å². The second-order valence-electron chi connectivity index (χ2n) is 6.33. The van der Waals surface area contributed by atoms with Gasteiger partial charge in [-0.25, -0.2) is 0 Å². The van der Waals surface area contributed by atoms with Crippen molar-refractivity contribution in [3.8, 4) is 0 Å². The molecule has 0 aliphatic heterocycles. The second-order valence-corrected chi connectivity index (χ2v) is 6.33. The number of hydrogen-bond donors (Lipinski definition) is 1. The Balaban J connectivity index is 1.75. The van der Waals surface area contributed by atoms with E-state index < -0.39 is 0 Å². The summed E-state index contributed by atoms with van der Waals surface area (Å²) in [5.74, 6) is 0.668. The van der Waals surface area contributed by atoms with E-state index in [-0.39, 0.29) is 12.0 Å². The molecule has 0 bridgehead atoms. The molecule has 1 amide bonds. The SMILES string of the molecule is CN(CC1CC(O)C1)C(=O)CCc1ccc(N(C)C)cc1. The van der Waals surface area contributed by atoms with Crippen LogP contribution in [0.5, 0.6) is 0 Å². The zero-order valence-electron chi connectivity index (χ0n) is 13.2. The highest BCUT2D eigenvalue weighted by molar-refractivity contribution is 5.76. The molecule has 1 aromatic rings. The molecule has 1 N–H and O–H groups in total. The van der Waals surface area contributed by atoms with Crippen LogP contribution in [0.3, 0.4) is 0 Å². The summed E-state index contributed by atoms with van der Waals surface area (Å²) in [6.45, 7) is 0.773. The first-order valence-corrected chi connectivity index (χ1v) is 7.64. The van der Waals surface area contributed by atoms with E-state index in [0.717, 1.165) is 25.8 Å². The highest BCUT2D eigenvalue weighted by atomic mass is 16.3. The smallest absolute Gasteiger partial charge is 0.222 e. The van der Waals surface area contributed by atoms with Crippen LogP contribution in [0.2, 0.25) is 0 Å². The van der Waals surface area contributed by atoms with Gasteiger partial charge in [0.25, 0.3) is 0 Å². The number of aliphatic hydroxyl groups excluding tert-OH is 1. The van der Waals surface area contributed by atoms with Gasteiger partial charge in [0.2, 0.25) is 5.91 Å². The first-order valence-electron chi connectivity index (χ1n) is 7.64. The summed E-state index contributed by atoms with van der Waals surface area (Å²) in [5, 5.41) is 9.28. The lowest BCUT2D eigenvalue weighted by atomic mass is 9.82. The standard InChI is InChI=1S/C17H26N2O2/c1-18(2)15-7-4-13(5-8-15)6-9-17(21)19(3)12-14-10-16(20)11-14/h4-5,7-8,14,16,20H,6,9-12H2,1-3H3. The van der Waals surface area contributed by atoms with Crippen LogP contribution in [0.1, 0.15) is 24.8 Å². The molecule has 1 saturated carbocycles. The van der Waals surface area contributed by atoms with Crippen LogP contribution < -0.4 is 4.90 Å². The number of aryl methyl sites for hydroxylation is 1. The molecule has 1 aliphatic carbocycles. The van der Waals surface area contributed by atoms with Crippen molar-refractivity contribution < 1.29 is 9.90 Å². The third kappa shape index (κ3) is 4.46. The molecule has 116 valence electrons. The zero-order chi connectivity index (χ0) is 15.4. The van der Waals surface area contributed by atoms with E-state index >= 15 is 0 Å². The van der Waals surface area contributed by atoms with Crippen LogP contribution in [0.15, 0.2) is 24.3 Å². The largest absolute Gasteiger partial charge is 0.393 e. The fourth-order valence-electron chi connectivity index (χ4n) is 2.74. The molecule has 0 heterocycles. The topological polar surface area (TPSA) is 43.8 Å². The van der Waals surface area contributed by atoms with Gasteiger partial charge in [-0.2, -0.15) is 0 Å². The molecule has 1 aliphatic rings. The number of amides is 1. The van der Waals surface area contributed by atoms with E-state index in [1.165, 1.54) is 11.3 Å². The van der Waals surface area contributed by atoms with Gasteiger partial charge in [-0.15, -0.1) is 0 Å². The predicted molar refractivity (Wildman–Crippen MR) is 85.5 cm³/mol. The van der Waals surface area contributed by atoms with Crippen molar-refractivity contribution >= 4 is 11.6 Å². The van der Waals surface area contributed by atoms with Gasteiger partial charge in [-0.1, -0.05) is 12.1 Å². The van der Waals surface area contributed by atoms with Gasteiger partial charge in [0.05, 0.1) is 6.10 Å². The van der Waals surface area contributed by atoms with Crippen molar-refractivity contribution in [3.05, 3.63) is 29.8 Å². The van der Waals surface area contributed by atoms with Crippen molar-refractivity contribution in [3.63, 3.8) is 0 Å². The van der Waals surface area contributed by atoms with Crippen molar-refractivity contribution in [1.82, 2.24) is 4.90 Å². The number of hydrogen-bond acceptors (Lipinski definition) is 3. The van der Waals surface area contributed by atoms with E-state index in [4.69, 9.17) is 0 Å². The Bertz CT molecular complexity index is 464. The molecular weight excluding hydrogens is 264 g/mol.